The molecular weight excluding hydrogens is 380 g/mol. The number of benzene rings is 2. The van der Waals surface area contributed by atoms with Gasteiger partial charge in [-0.1, -0.05) is 49.4 Å². The topological polar surface area (TPSA) is 92.2 Å². The molecule has 134 valence electrons. The van der Waals surface area contributed by atoms with Gasteiger partial charge in [0.25, 0.3) is 0 Å². The highest BCUT2D eigenvalue weighted by Crippen LogP contribution is 2.47. The van der Waals surface area contributed by atoms with E-state index >= 15 is 0 Å². The lowest BCUT2D eigenvalue weighted by atomic mass is 10.3. The predicted octanol–water partition coefficient (Wildman–Crippen LogP) is 1.14. The monoisotopic (exact) mass is 398 g/mol. The third-order valence-electron chi connectivity index (χ3n) is 3.40. The minimum atomic E-state index is -4.94. The van der Waals surface area contributed by atoms with Gasteiger partial charge in [-0.3, -0.25) is 0 Å². The molecule has 4 nitrogen and oxygen atoms in total. The van der Waals surface area contributed by atoms with Gasteiger partial charge in [0, 0.05) is 6.92 Å². The Morgan fingerprint density at radius 1 is 0.960 bits per heavy atom. The van der Waals surface area contributed by atoms with E-state index in [0.717, 1.165) is 0 Å². The van der Waals surface area contributed by atoms with Crippen LogP contribution in [0.15, 0.2) is 79.1 Å². The van der Waals surface area contributed by atoms with Gasteiger partial charge < -0.3 is 0 Å². The van der Waals surface area contributed by atoms with Crippen molar-refractivity contribution in [1.29, 1.82) is 0 Å². The van der Waals surface area contributed by atoms with Gasteiger partial charge in [0.05, 0.1) is 20.7 Å². The maximum Gasteiger partial charge on any atom is 0.180 e. The fourth-order valence-corrected chi connectivity index (χ4v) is 6.22. The van der Waals surface area contributed by atoms with Gasteiger partial charge in [-0.05, 0) is 36.8 Å². The first-order valence-corrected chi connectivity index (χ1v) is 11.0. The molecule has 0 amide bonds. The van der Waals surface area contributed by atoms with Crippen LogP contribution in [-0.2, 0) is 10.9 Å². The van der Waals surface area contributed by atoms with Crippen molar-refractivity contribution < 1.29 is 28.9 Å². The molecule has 0 saturated heterocycles. The van der Waals surface area contributed by atoms with Crippen LogP contribution in [0.4, 0.5) is 0 Å². The van der Waals surface area contributed by atoms with Crippen molar-refractivity contribution in [3.8, 4) is 0 Å². The van der Waals surface area contributed by atoms with Crippen LogP contribution in [0.3, 0.4) is 0 Å². The molecule has 0 radical (unpaired) electrons. The molecule has 25 heavy (non-hydrogen) atoms. The van der Waals surface area contributed by atoms with E-state index in [1.807, 2.05) is 11.8 Å². The highest BCUT2D eigenvalue weighted by Gasteiger charge is 2.37. The predicted molar refractivity (Wildman–Crippen MR) is 89.6 cm³/mol. The van der Waals surface area contributed by atoms with Gasteiger partial charge in [-0.2, -0.15) is 0 Å². The Labute approximate surface area is 157 Å². The van der Waals surface area contributed by atoms with Crippen LogP contribution in [0, 0.1) is 10.2 Å². The van der Waals surface area contributed by atoms with E-state index in [1.165, 1.54) is 37.3 Å². The molecule has 0 aromatic heterocycles. The summed E-state index contributed by atoms with van der Waals surface area (Å²) in [5.74, 6) is 0. The molecule has 1 aliphatic heterocycles. The SMILES string of the molecule is CCC/C=C(/C)[S+]1c2ccccc2Sc2ccccc21.[O-][Cl+3]([O-])([O-])[O-]. The van der Waals surface area contributed by atoms with E-state index in [-0.39, 0.29) is 10.9 Å². The van der Waals surface area contributed by atoms with Crippen LogP contribution in [0.5, 0.6) is 0 Å². The number of hydrogen-bond acceptors (Lipinski definition) is 5. The maximum absolute atomic E-state index is 8.49. The molecule has 1 aliphatic rings. The molecule has 0 fully saturated rings. The lowest BCUT2D eigenvalue weighted by Gasteiger charge is -2.19. The van der Waals surface area contributed by atoms with Crippen LogP contribution in [0.2, 0.25) is 0 Å². The van der Waals surface area contributed by atoms with Gasteiger partial charge >= 0.3 is 0 Å². The number of allylic oxidation sites excluding steroid dienone is 2. The van der Waals surface area contributed by atoms with E-state index in [2.05, 4.69) is 68.5 Å². The summed E-state index contributed by atoms with van der Waals surface area (Å²) in [6, 6.07) is 17.7. The van der Waals surface area contributed by atoms with E-state index in [0.29, 0.717) is 0 Å². The average Bonchev–Trinajstić information content (AvgIpc) is 2.56. The maximum atomic E-state index is 8.49. The summed E-state index contributed by atoms with van der Waals surface area (Å²) in [5, 5.41) is 0. The number of halogens is 1. The fourth-order valence-electron chi connectivity index (χ4n) is 2.42. The zero-order valence-electron chi connectivity index (χ0n) is 13.9. The summed E-state index contributed by atoms with van der Waals surface area (Å²) >= 11 is 1.91. The minimum Gasteiger partial charge on any atom is -0.222 e. The highest BCUT2D eigenvalue weighted by molar-refractivity contribution is 8.05. The Kier molecular flexibility index (Phi) is 7.39. The molecule has 0 bridgehead atoms. The van der Waals surface area contributed by atoms with Crippen molar-refractivity contribution in [3.05, 3.63) is 59.5 Å². The average molecular weight is 399 g/mol. The number of unbranched alkanes of at least 4 members (excludes halogenated alkanes) is 1. The molecule has 3 rings (SSSR count). The molecule has 2 aromatic rings. The largest absolute Gasteiger partial charge is 0.222 e. The zero-order valence-corrected chi connectivity index (χ0v) is 16.3. The van der Waals surface area contributed by atoms with Crippen LogP contribution in [0.1, 0.15) is 26.7 Å². The molecule has 0 atom stereocenters. The Morgan fingerprint density at radius 3 is 1.84 bits per heavy atom. The van der Waals surface area contributed by atoms with Crippen molar-refractivity contribution in [2.45, 2.75) is 46.3 Å². The first-order chi connectivity index (χ1) is 11.8. The van der Waals surface area contributed by atoms with Gasteiger partial charge in [-0.25, -0.2) is 18.6 Å². The lowest BCUT2D eigenvalue weighted by molar-refractivity contribution is -2.00. The smallest absolute Gasteiger partial charge is 0.180 e. The zero-order chi connectivity index (χ0) is 18.4. The third kappa shape index (κ3) is 6.04. The number of fused-ring (bicyclic) bond motifs is 2. The molecule has 1 heterocycles. The van der Waals surface area contributed by atoms with Crippen LogP contribution in [-0.4, -0.2) is 0 Å². The minimum absolute atomic E-state index is 0.0995. The molecule has 2 aromatic carbocycles. The molecular formula is C18H19ClO4S2. The fraction of sp³-hybridized carbons (Fsp3) is 0.222. The van der Waals surface area contributed by atoms with Crippen molar-refractivity contribution in [2.75, 3.05) is 0 Å². The number of hydrogen-bond donors (Lipinski definition) is 0. The van der Waals surface area contributed by atoms with Crippen LogP contribution >= 0.6 is 11.8 Å². The van der Waals surface area contributed by atoms with Gasteiger partial charge in [0.2, 0.25) is 0 Å². The second kappa shape index (κ2) is 9.09. The first-order valence-electron chi connectivity index (χ1n) is 7.70. The molecule has 0 unspecified atom stereocenters. The summed E-state index contributed by atoms with van der Waals surface area (Å²) < 4.78 is 34.0. The lowest BCUT2D eigenvalue weighted by Crippen LogP contribution is -2.68. The second-order valence-corrected chi connectivity index (χ2v) is 9.26. The Morgan fingerprint density at radius 2 is 1.40 bits per heavy atom. The van der Waals surface area contributed by atoms with Crippen molar-refractivity contribution >= 4 is 22.7 Å². The van der Waals surface area contributed by atoms with E-state index in [1.54, 1.807) is 0 Å². The summed E-state index contributed by atoms with van der Waals surface area (Å²) in [4.78, 5) is 7.31. The molecule has 7 heteroatoms. The summed E-state index contributed by atoms with van der Waals surface area (Å²) in [5.41, 5.74) is 0. The summed E-state index contributed by atoms with van der Waals surface area (Å²) in [6.45, 7) is 4.54. The van der Waals surface area contributed by atoms with Gasteiger partial charge in [0.15, 0.2) is 9.79 Å². The molecule has 0 N–H and O–H groups in total. The second-order valence-electron chi connectivity index (χ2n) is 5.28. The standard InChI is InChI=1S/C18H19S2.ClHO4/c1-3-4-9-14(2)20-17-12-7-5-10-15(17)19-16-11-6-8-13-18(16)20;2-1(3,4)5/h5-13H,3-4H2,1-2H3;(H,2,3,4,5)/q+1;/p-1/b14-9-;. The van der Waals surface area contributed by atoms with Crippen molar-refractivity contribution in [1.82, 2.24) is 0 Å². The van der Waals surface area contributed by atoms with Crippen molar-refractivity contribution in [3.63, 3.8) is 0 Å². The third-order valence-corrected chi connectivity index (χ3v) is 7.21. The summed E-state index contributed by atoms with van der Waals surface area (Å²) in [6.07, 6.45) is 4.81. The van der Waals surface area contributed by atoms with Crippen LogP contribution in [0.25, 0.3) is 0 Å². The Hall–Kier alpha value is -0.990. The van der Waals surface area contributed by atoms with Crippen LogP contribution < -0.4 is 18.6 Å². The summed E-state index contributed by atoms with van der Waals surface area (Å²) in [7, 11) is -4.84. The Balaban J connectivity index is 0.000000399. The molecule has 0 spiro atoms. The first kappa shape index (κ1) is 20.3. The van der Waals surface area contributed by atoms with E-state index in [9.17, 15) is 0 Å². The highest BCUT2D eigenvalue weighted by atomic mass is 35.7. The Bertz CT molecular complexity index is 692. The van der Waals surface area contributed by atoms with E-state index < -0.39 is 10.2 Å². The number of rotatable bonds is 3. The molecule has 0 saturated carbocycles. The van der Waals surface area contributed by atoms with Gasteiger partial charge in [0.1, 0.15) is 4.91 Å². The van der Waals surface area contributed by atoms with Gasteiger partial charge in [-0.15, -0.1) is 10.2 Å². The van der Waals surface area contributed by atoms with E-state index in [4.69, 9.17) is 18.6 Å². The molecule has 0 aliphatic carbocycles. The van der Waals surface area contributed by atoms with Crippen molar-refractivity contribution in [2.24, 2.45) is 0 Å². The normalized spacial score (nSPS) is 14.2. The quantitative estimate of drug-likeness (QED) is 0.723.